The molecule has 3 heterocycles. The van der Waals surface area contributed by atoms with E-state index in [1.807, 2.05) is 12.1 Å². The lowest BCUT2D eigenvalue weighted by Gasteiger charge is -2.30. The summed E-state index contributed by atoms with van der Waals surface area (Å²) in [6, 6.07) is 8.13. The van der Waals surface area contributed by atoms with Gasteiger partial charge in [0.05, 0.1) is 6.54 Å². The summed E-state index contributed by atoms with van der Waals surface area (Å²) < 4.78 is 5.46. The van der Waals surface area contributed by atoms with Gasteiger partial charge in [-0.2, -0.15) is 4.98 Å². The molecular weight excluding hydrogens is 390 g/mol. The molecule has 2 aliphatic rings. The molecule has 2 aromatic rings. The number of rotatable bonds is 8. The lowest BCUT2D eigenvalue weighted by Crippen LogP contribution is -2.41. The second-order valence-electron chi connectivity index (χ2n) is 8.98. The molecule has 2 fully saturated rings. The van der Waals surface area contributed by atoms with E-state index in [9.17, 15) is 4.79 Å². The minimum absolute atomic E-state index is 0.122. The molecule has 1 aromatic carbocycles. The monoisotopic (exact) mass is 425 g/mol. The zero-order valence-electron chi connectivity index (χ0n) is 18.7. The zero-order chi connectivity index (χ0) is 21.5. The van der Waals surface area contributed by atoms with Crippen molar-refractivity contribution in [2.24, 2.45) is 5.92 Å². The van der Waals surface area contributed by atoms with Crippen LogP contribution >= 0.6 is 0 Å². The Labute approximate surface area is 185 Å². The van der Waals surface area contributed by atoms with Gasteiger partial charge in [0.15, 0.2) is 0 Å². The Bertz CT molecular complexity index is 821. The minimum Gasteiger partial charge on any atom is -0.356 e. The number of carbonyl (C=O) groups excluding carboxylic acids is 1. The molecule has 2 aliphatic heterocycles. The zero-order valence-corrected chi connectivity index (χ0v) is 18.7. The third kappa shape index (κ3) is 6.37. The lowest BCUT2D eigenvalue weighted by molar-refractivity contribution is -0.126. The summed E-state index contributed by atoms with van der Waals surface area (Å²) in [7, 11) is 0. The number of aryl methyl sites for hydroxylation is 1. The average molecular weight is 426 g/mol. The molecule has 0 atom stereocenters. The molecule has 0 radical (unpaired) electrons. The van der Waals surface area contributed by atoms with Gasteiger partial charge in [-0.25, -0.2) is 0 Å². The van der Waals surface area contributed by atoms with Gasteiger partial charge in [-0.05, 0) is 71.8 Å². The number of nitrogens with zero attached hydrogens (tertiary/aromatic N) is 4. The van der Waals surface area contributed by atoms with Crippen molar-refractivity contribution in [2.45, 2.75) is 52.0 Å². The fourth-order valence-corrected chi connectivity index (χ4v) is 4.53. The van der Waals surface area contributed by atoms with E-state index in [1.54, 1.807) is 0 Å². The molecule has 0 bridgehead atoms. The summed E-state index contributed by atoms with van der Waals surface area (Å²) in [6.07, 6.45) is 6.83. The first-order valence-corrected chi connectivity index (χ1v) is 11.8. The largest absolute Gasteiger partial charge is 0.356 e. The fourth-order valence-electron chi connectivity index (χ4n) is 4.53. The Morgan fingerprint density at radius 1 is 1.06 bits per heavy atom. The van der Waals surface area contributed by atoms with Crippen LogP contribution < -0.4 is 5.32 Å². The number of nitrogens with one attached hydrogen (secondary N) is 1. The molecule has 31 heavy (non-hydrogen) atoms. The van der Waals surface area contributed by atoms with Crippen LogP contribution in [0.4, 0.5) is 0 Å². The second kappa shape index (κ2) is 10.9. The van der Waals surface area contributed by atoms with Crippen LogP contribution in [-0.4, -0.2) is 65.1 Å². The molecule has 168 valence electrons. The maximum atomic E-state index is 12.5. The third-order valence-electron chi connectivity index (χ3n) is 6.49. The standard InChI is InChI=1S/C24H35N5O2/c1-19-6-8-20(9-7-19)23-26-22(31-27-23)18-29-16-10-21(11-17-29)24(30)25-12-5-15-28-13-3-2-4-14-28/h6-9,21H,2-5,10-18H2,1H3,(H,25,30). The van der Waals surface area contributed by atoms with E-state index >= 15 is 0 Å². The molecule has 0 aliphatic carbocycles. The predicted octanol–water partition coefficient (Wildman–Crippen LogP) is 3.25. The van der Waals surface area contributed by atoms with Crippen LogP contribution in [0, 0.1) is 12.8 Å². The summed E-state index contributed by atoms with van der Waals surface area (Å²) in [4.78, 5) is 21.9. The number of hydrogen-bond donors (Lipinski definition) is 1. The van der Waals surface area contributed by atoms with Crippen molar-refractivity contribution in [3.63, 3.8) is 0 Å². The first-order valence-electron chi connectivity index (χ1n) is 11.8. The van der Waals surface area contributed by atoms with Crippen LogP contribution in [0.2, 0.25) is 0 Å². The van der Waals surface area contributed by atoms with Crippen molar-refractivity contribution < 1.29 is 9.32 Å². The molecule has 4 rings (SSSR count). The lowest BCUT2D eigenvalue weighted by atomic mass is 9.96. The molecule has 1 N–H and O–H groups in total. The van der Waals surface area contributed by atoms with Gasteiger partial charge in [-0.1, -0.05) is 41.4 Å². The number of likely N-dealkylation sites (tertiary alicyclic amines) is 2. The number of aromatic nitrogens is 2. The van der Waals surface area contributed by atoms with Gasteiger partial charge in [0, 0.05) is 18.0 Å². The van der Waals surface area contributed by atoms with Gasteiger partial charge in [0.1, 0.15) is 0 Å². The van der Waals surface area contributed by atoms with Crippen LogP contribution in [0.3, 0.4) is 0 Å². The van der Waals surface area contributed by atoms with Crippen LogP contribution in [0.5, 0.6) is 0 Å². The van der Waals surface area contributed by atoms with E-state index < -0.39 is 0 Å². The van der Waals surface area contributed by atoms with Crippen LogP contribution in [-0.2, 0) is 11.3 Å². The molecule has 1 aromatic heterocycles. The third-order valence-corrected chi connectivity index (χ3v) is 6.49. The summed E-state index contributed by atoms with van der Waals surface area (Å²) in [6.45, 7) is 8.81. The smallest absolute Gasteiger partial charge is 0.241 e. The summed E-state index contributed by atoms with van der Waals surface area (Å²) in [5, 5.41) is 7.28. The summed E-state index contributed by atoms with van der Waals surface area (Å²) in [5.74, 6) is 1.61. The highest BCUT2D eigenvalue weighted by Crippen LogP contribution is 2.21. The Morgan fingerprint density at radius 2 is 1.81 bits per heavy atom. The van der Waals surface area contributed by atoms with Crippen molar-refractivity contribution in [1.29, 1.82) is 0 Å². The van der Waals surface area contributed by atoms with Crippen molar-refractivity contribution in [3.8, 4) is 11.4 Å². The highest BCUT2D eigenvalue weighted by Gasteiger charge is 2.26. The SMILES string of the molecule is Cc1ccc(-c2noc(CN3CCC(C(=O)NCCCN4CCCCC4)CC3)n2)cc1. The van der Waals surface area contributed by atoms with E-state index in [1.165, 1.54) is 37.9 Å². The Balaban J connectivity index is 1.15. The summed E-state index contributed by atoms with van der Waals surface area (Å²) in [5.41, 5.74) is 2.18. The number of piperidine rings is 2. The van der Waals surface area contributed by atoms with E-state index in [0.29, 0.717) is 18.3 Å². The van der Waals surface area contributed by atoms with Crippen molar-refractivity contribution in [3.05, 3.63) is 35.7 Å². The van der Waals surface area contributed by atoms with Crippen molar-refractivity contribution in [2.75, 3.05) is 39.3 Å². The van der Waals surface area contributed by atoms with Crippen LogP contribution in [0.25, 0.3) is 11.4 Å². The maximum Gasteiger partial charge on any atom is 0.241 e. The first-order chi connectivity index (χ1) is 15.2. The Morgan fingerprint density at radius 3 is 2.55 bits per heavy atom. The number of hydrogen-bond acceptors (Lipinski definition) is 6. The fraction of sp³-hybridized carbons (Fsp3) is 0.625. The molecule has 7 nitrogen and oxygen atoms in total. The van der Waals surface area contributed by atoms with Gasteiger partial charge < -0.3 is 14.7 Å². The predicted molar refractivity (Wildman–Crippen MR) is 120 cm³/mol. The molecule has 7 heteroatoms. The molecule has 0 unspecified atom stereocenters. The van der Waals surface area contributed by atoms with Gasteiger partial charge in [-0.15, -0.1) is 0 Å². The number of carbonyl (C=O) groups is 1. The average Bonchev–Trinajstić information content (AvgIpc) is 3.27. The Kier molecular flexibility index (Phi) is 7.70. The van der Waals surface area contributed by atoms with E-state index in [2.05, 4.69) is 44.3 Å². The van der Waals surface area contributed by atoms with E-state index in [-0.39, 0.29) is 11.8 Å². The Hall–Kier alpha value is -2.25. The van der Waals surface area contributed by atoms with Crippen molar-refractivity contribution in [1.82, 2.24) is 25.3 Å². The topological polar surface area (TPSA) is 74.5 Å². The number of benzene rings is 1. The maximum absolute atomic E-state index is 12.5. The molecule has 2 saturated heterocycles. The highest BCUT2D eigenvalue weighted by molar-refractivity contribution is 5.78. The van der Waals surface area contributed by atoms with Gasteiger partial charge >= 0.3 is 0 Å². The van der Waals surface area contributed by atoms with Crippen LogP contribution in [0.15, 0.2) is 28.8 Å². The van der Waals surface area contributed by atoms with Gasteiger partial charge in [0.2, 0.25) is 17.6 Å². The molecular formula is C24H35N5O2. The highest BCUT2D eigenvalue weighted by atomic mass is 16.5. The van der Waals surface area contributed by atoms with Gasteiger partial charge in [-0.3, -0.25) is 9.69 Å². The minimum atomic E-state index is 0.122. The summed E-state index contributed by atoms with van der Waals surface area (Å²) >= 11 is 0. The van der Waals surface area contributed by atoms with E-state index in [0.717, 1.165) is 51.0 Å². The normalized spacial score (nSPS) is 18.9. The molecule has 1 amide bonds. The van der Waals surface area contributed by atoms with E-state index in [4.69, 9.17) is 4.52 Å². The second-order valence-corrected chi connectivity index (χ2v) is 8.98. The quantitative estimate of drug-likeness (QED) is 0.655. The molecule has 0 spiro atoms. The molecule has 0 saturated carbocycles. The van der Waals surface area contributed by atoms with Crippen LogP contribution in [0.1, 0.15) is 50.0 Å². The number of amides is 1. The first kappa shape index (κ1) is 22.0. The van der Waals surface area contributed by atoms with Crippen molar-refractivity contribution >= 4 is 5.91 Å². The van der Waals surface area contributed by atoms with Gasteiger partial charge in [0.25, 0.3) is 0 Å².